The lowest BCUT2D eigenvalue weighted by Gasteiger charge is -2.08. The molecule has 1 N–H and O–H groups in total. The summed E-state index contributed by atoms with van der Waals surface area (Å²) in [5, 5.41) is 11.6. The Bertz CT molecular complexity index is 213. The Balaban J connectivity index is 3.59. The SMILES string of the molecule is CCCC(C#N)C(=O)NCCCCSC. The first-order chi connectivity index (χ1) is 7.26. The fourth-order valence-corrected chi connectivity index (χ4v) is 1.74. The fourth-order valence-electron chi connectivity index (χ4n) is 1.25. The second kappa shape index (κ2) is 9.85. The molecule has 0 rings (SSSR count). The molecule has 0 bridgehead atoms. The molecule has 0 saturated carbocycles. The van der Waals surface area contributed by atoms with Crippen molar-refractivity contribution in [2.24, 2.45) is 5.92 Å². The lowest BCUT2D eigenvalue weighted by Crippen LogP contribution is -2.30. The number of thioether (sulfide) groups is 1. The molecule has 1 unspecified atom stereocenters. The van der Waals surface area contributed by atoms with Crippen LogP contribution in [0.2, 0.25) is 0 Å². The largest absolute Gasteiger partial charge is 0.355 e. The number of hydrogen-bond acceptors (Lipinski definition) is 3. The third-order valence-electron chi connectivity index (χ3n) is 2.12. The zero-order valence-electron chi connectivity index (χ0n) is 9.58. The molecular weight excluding hydrogens is 208 g/mol. The van der Waals surface area contributed by atoms with Crippen LogP contribution in [0.3, 0.4) is 0 Å². The number of nitriles is 1. The van der Waals surface area contributed by atoms with Crippen LogP contribution in [0.25, 0.3) is 0 Å². The molecule has 0 radical (unpaired) electrons. The highest BCUT2D eigenvalue weighted by atomic mass is 32.2. The van der Waals surface area contributed by atoms with Gasteiger partial charge in [-0.1, -0.05) is 13.3 Å². The van der Waals surface area contributed by atoms with E-state index in [1.807, 2.05) is 24.8 Å². The van der Waals surface area contributed by atoms with Crippen LogP contribution in [-0.4, -0.2) is 24.5 Å². The summed E-state index contributed by atoms with van der Waals surface area (Å²) in [5.74, 6) is 0.561. The normalized spacial score (nSPS) is 11.8. The maximum absolute atomic E-state index is 11.5. The summed E-state index contributed by atoms with van der Waals surface area (Å²) in [6.45, 7) is 2.68. The van der Waals surface area contributed by atoms with Gasteiger partial charge in [0.25, 0.3) is 0 Å². The molecule has 0 aliphatic rings. The molecule has 0 aromatic rings. The topological polar surface area (TPSA) is 52.9 Å². The van der Waals surface area contributed by atoms with E-state index in [0.29, 0.717) is 13.0 Å². The van der Waals surface area contributed by atoms with Gasteiger partial charge in [-0.3, -0.25) is 4.79 Å². The van der Waals surface area contributed by atoms with Crippen molar-refractivity contribution in [3.63, 3.8) is 0 Å². The molecule has 4 heteroatoms. The van der Waals surface area contributed by atoms with Gasteiger partial charge in [0.05, 0.1) is 6.07 Å². The minimum absolute atomic E-state index is 0.108. The molecule has 0 aliphatic heterocycles. The molecule has 0 aromatic carbocycles. The van der Waals surface area contributed by atoms with Crippen molar-refractivity contribution in [1.82, 2.24) is 5.32 Å². The molecule has 0 saturated heterocycles. The summed E-state index contributed by atoms with van der Waals surface area (Å²) in [7, 11) is 0. The highest BCUT2D eigenvalue weighted by Crippen LogP contribution is 2.05. The predicted octanol–water partition coefficient (Wildman–Crippen LogP) is 2.19. The minimum Gasteiger partial charge on any atom is -0.355 e. The van der Waals surface area contributed by atoms with E-state index in [9.17, 15) is 4.79 Å². The number of amides is 1. The molecule has 0 heterocycles. The quantitative estimate of drug-likeness (QED) is 0.648. The average molecular weight is 228 g/mol. The van der Waals surface area contributed by atoms with Crippen LogP contribution < -0.4 is 5.32 Å². The first kappa shape index (κ1) is 14.3. The molecule has 86 valence electrons. The van der Waals surface area contributed by atoms with Gasteiger partial charge in [0, 0.05) is 6.54 Å². The van der Waals surface area contributed by atoms with Gasteiger partial charge in [0.2, 0.25) is 5.91 Å². The number of nitrogens with zero attached hydrogens (tertiary/aromatic N) is 1. The van der Waals surface area contributed by atoms with Crippen molar-refractivity contribution in [1.29, 1.82) is 5.26 Å². The first-order valence-corrected chi connectivity index (χ1v) is 6.81. The van der Waals surface area contributed by atoms with Crippen LogP contribution >= 0.6 is 11.8 Å². The van der Waals surface area contributed by atoms with E-state index in [0.717, 1.165) is 25.0 Å². The Labute approximate surface area is 96.6 Å². The maximum Gasteiger partial charge on any atom is 0.237 e. The lowest BCUT2D eigenvalue weighted by molar-refractivity contribution is -0.123. The second-order valence-electron chi connectivity index (χ2n) is 3.46. The molecule has 15 heavy (non-hydrogen) atoms. The summed E-state index contributed by atoms with van der Waals surface area (Å²) < 4.78 is 0. The number of rotatable bonds is 8. The van der Waals surface area contributed by atoms with E-state index in [1.165, 1.54) is 0 Å². The van der Waals surface area contributed by atoms with Crippen LogP contribution in [-0.2, 0) is 4.79 Å². The highest BCUT2D eigenvalue weighted by Gasteiger charge is 2.15. The Morgan fingerprint density at radius 3 is 2.80 bits per heavy atom. The van der Waals surface area contributed by atoms with Crippen LogP contribution in [0, 0.1) is 17.2 Å². The number of unbranched alkanes of at least 4 members (excludes halogenated alkanes) is 1. The van der Waals surface area contributed by atoms with Gasteiger partial charge in [-0.15, -0.1) is 0 Å². The Morgan fingerprint density at radius 2 is 2.27 bits per heavy atom. The second-order valence-corrected chi connectivity index (χ2v) is 4.45. The number of carbonyl (C=O) groups excluding carboxylic acids is 1. The van der Waals surface area contributed by atoms with Crippen molar-refractivity contribution >= 4 is 17.7 Å². The van der Waals surface area contributed by atoms with Gasteiger partial charge in [0.15, 0.2) is 0 Å². The third-order valence-corrected chi connectivity index (χ3v) is 2.82. The Kier molecular flexibility index (Phi) is 9.40. The lowest BCUT2D eigenvalue weighted by atomic mass is 10.1. The van der Waals surface area contributed by atoms with E-state index < -0.39 is 5.92 Å². The van der Waals surface area contributed by atoms with E-state index in [4.69, 9.17) is 5.26 Å². The van der Waals surface area contributed by atoms with Crippen molar-refractivity contribution in [3.8, 4) is 6.07 Å². The zero-order valence-corrected chi connectivity index (χ0v) is 10.4. The Morgan fingerprint density at radius 1 is 1.53 bits per heavy atom. The molecule has 1 amide bonds. The molecule has 0 aliphatic carbocycles. The van der Waals surface area contributed by atoms with Gasteiger partial charge in [-0.2, -0.15) is 17.0 Å². The highest BCUT2D eigenvalue weighted by molar-refractivity contribution is 7.98. The van der Waals surface area contributed by atoms with Crippen molar-refractivity contribution < 1.29 is 4.79 Å². The van der Waals surface area contributed by atoms with Gasteiger partial charge in [-0.25, -0.2) is 0 Å². The summed E-state index contributed by atoms with van der Waals surface area (Å²) in [4.78, 5) is 11.5. The van der Waals surface area contributed by atoms with Crippen LogP contribution in [0.1, 0.15) is 32.6 Å². The Hall–Kier alpha value is -0.690. The van der Waals surface area contributed by atoms with Gasteiger partial charge < -0.3 is 5.32 Å². The van der Waals surface area contributed by atoms with Crippen LogP contribution in [0.5, 0.6) is 0 Å². The van der Waals surface area contributed by atoms with E-state index in [1.54, 1.807) is 0 Å². The molecule has 0 aromatic heterocycles. The van der Waals surface area contributed by atoms with Gasteiger partial charge in [-0.05, 0) is 31.3 Å². The summed E-state index contributed by atoms with van der Waals surface area (Å²) in [5.41, 5.74) is 0. The molecule has 1 atom stereocenters. The number of hydrogen-bond donors (Lipinski definition) is 1. The third kappa shape index (κ3) is 7.26. The van der Waals surface area contributed by atoms with Crippen molar-refractivity contribution in [2.75, 3.05) is 18.6 Å². The van der Waals surface area contributed by atoms with Crippen LogP contribution in [0.15, 0.2) is 0 Å². The monoisotopic (exact) mass is 228 g/mol. The van der Waals surface area contributed by atoms with E-state index in [-0.39, 0.29) is 5.91 Å². The van der Waals surface area contributed by atoms with Crippen molar-refractivity contribution in [2.45, 2.75) is 32.6 Å². The maximum atomic E-state index is 11.5. The van der Waals surface area contributed by atoms with E-state index >= 15 is 0 Å². The van der Waals surface area contributed by atoms with Gasteiger partial charge >= 0.3 is 0 Å². The predicted molar refractivity (Wildman–Crippen MR) is 64.6 cm³/mol. The smallest absolute Gasteiger partial charge is 0.237 e. The molecule has 3 nitrogen and oxygen atoms in total. The molecule has 0 fully saturated rings. The number of carbonyl (C=O) groups is 1. The van der Waals surface area contributed by atoms with Gasteiger partial charge in [0.1, 0.15) is 5.92 Å². The molecular formula is C11H20N2OS. The van der Waals surface area contributed by atoms with E-state index in [2.05, 4.69) is 11.6 Å². The molecule has 0 spiro atoms. The fraction of sp³-hybridized carbons (Fsp3) is 0.818. The minimum atomic E-state index is -0.462. The summed E-state index contributed by atoms with van der Waals surface area (Å²) in [6, 6.07) is 2.04. The summed E-state index contributed by atoms with van der Waals surface area (Å²) in [6.07, 6.45) is 5.72. The number of nitrogens with one attached hydrogen (secondary N) is 1. The average Bonchev–Trinajstić information content (AvgIpc) is 2.25. The first-order valence-electron chi connectivity index (χ1n) is 5.42. The van der Waals surface area contributed by atoms with Crippen LogP contribution in [0.4, 0.5) is 0 Å². The van der Waals surface area contributed by atoms with Crippen molar-refractivity contribution in [3.05, 3.63) is 0 Å². The standard InChI is InChI=1S/C11H20N2OS/c1-3-6-10(9-12)11(14)13-7-4-5-8-15-2/h10H,3-8H2,1-2H3,(H,13,14). The summed E-state index contributed by atoms with van der Waals surface area (Å²) >= 11 is 1.81. The zero-order chi connectivity index (χ0) is 11.5.